The van der Waals surface area contributed by atoms with Crippen LogP contribution in [0.5, 0.6) is 0 Å². The fourth-order valence-electron chi connectivity index (χ4n) is 6.03. The van der Waals surface area contributed by atoms with E-state index >= 15 is 0 Å². The maximum absolute atomic E-state index is 5.12. The fourth-order valence-corrected chi connectivity index (χ4v) is 6.03. The molecule has 0 saturated carbocycles. The van der Waals surface area contributed by atoms with Gasteiger partial charge in [0.05, 0.1) is 11.0 Å². The molecular formula is C35H31N5. The Hall–Kier alpha value is -4.51. The van der Waals surface area contributed by atoms with E-state index in [4.69, 9.17) is 19.9 Å². The molecule has 0 amide bonds. The highest BCUT2D eigenvalue weighted by Crippen LogP contribution is 2.46. The summed E-state index contributed by atoms with van der Waals surface area (Å²) >= 11 is 0. The smallest absolute Gasteiger partial charge is 0.164 e. The molecule has 0 atom stereocenters. The first-order valence-corrected chi connectivity index (χ1v) is 13.9. The molecule has 0 N–H and O–H groups in total. The van der Waals surface area contributed by atoms with Gasteiger partial charge in [-0.2, -0.15) is 0 Å². The van der Waals surface area contributed by atoms with E-state index in [2.05, 4.69) is 69.1 Å². The van der Waals surface area contributed by atoms with Crippen LogP contribution in [0.3, 0.4) is 0 Å². The number of fused-ring (bicyclic) bond motifs is 4. The van der Waals surface area contributed by atoms with Crippen molar-refractivity contribution in [3.05, 3.63) is 102 Å². The number of pyridine rings is 2. The van der Waals surface area contributed by atoms with Gasteiger partial charge in [0.2, 0.25) is 0 Å². The highest BCUT2D eigenvalue weighted by Gasteiger charge is 2.37. The van der Waals surface area contributed by atoms with Crippen molar-refractivity contribution in [2.45, 2.75) is 51.4 Å². The van der Waals surface area contributed by atoms with Gasteiger partial charge in [0.15, 0.2) is 17.5 Å². The molecule has 5 heteroatoms. The number of hydrogen-bond acceptors (Lipinski definition) is 5. The zero-order chi connectivity index (χ0) is 27.5. The summed E-state index contributed by atoms with van der Waals surface area (Å²) in [7, 11) is 0. The van der Waals surface area contributed by atoms with Gasteiger partial charge in [0.25, 0.3) is 0 Å². The first-order chi connectivity index (χ1) is 19.3. The van der Waals surface area contributed by atoms with Gasteiger partial charge in [0.1, 0.15) is 0 Å². The predicted molar refractivity (Wildman–Crippen MR) is 162 cm³/mol. The van der Waals surface area contributed by atoms with Gasteiger partial charge in [-0.25, -0.2) is 15.0 Å². The summed E-state index contributed by atoms with van der Waals surface area (Å²) in [5.74, 6) is 1.96. The van der Waals surface area contributed by atoms with Gasteiger partial charge in [-0.1, -0.05) is 82.3 Å². The fraction of sp³-hybridized carbons (Fsp3) is 0.229. The van der Waals surface area contributed by atoms with E-state index in [1.807, 2.05) is 54.9 Å². The lowest BCUT2D eigenvalue weighted by atomic mass is 9.63. The van der Waals surface area contributed by atoms with Crippen LogP contribution in [0.2, 0.25) is 0 Å². The van der Waals surface area contributed by atoms with Crippen molar-refractivity contribution in [1.29, 1.82) is 0 Å². The molecule has 0 radical (unpaired) electrons. The van der Waals surface area contributed by atoms with Crippen LogP contribution in [0.1, 0.15) is 51.7 Å². The average Bonchev–Trinajstić information content (AvgIpc) is 2.99. The van der Waals surface area contributed by atoms with Gasteiger partial charge in [-0.15, -0.1) is 0 Å². The van der Waals surface area contributed by atoms with Gasteiger partial charge in [-0.05, 0) is 59.1 Å². The maximum Gasteiger partial charge on any atom is 0.164 e. The molecule has 1 aliphatic carbocycles. The van der Waals surface area contributed by atoms with Crippen molar-refractivity contribution in [3.63, 3.8) is 0 Å². The van der Waals surface area contributed by atoms with Crippen LogP contribution in [-0.2, 0) is 10.8 Å². The third kappa shape index (κ3) is 4.04. The Morgan fingerprint density at radius 3 is 1.98 bits per heavy atom. The molecule has 0 aliphatic heterocycles. The predicted octanol–water partition coefficient (Wildman–Crippen LogP) is 8.32. The summed E-state index contributed by atoms with van der Waals surface area (Å²) in [5.41, 5.74) is 7.64. The first kappa shape index (κ1) is 24.5. The topological polar surface area (TPSA) is 64.5 Å². The maximum atomic E-state index is 5.12. The average molecular weight is 522 g/mol. The van der Waals surface area contributed by atoms with E-state index in [9.17, 15) is 0 Å². The van der Waals surface area contributed by atoms with E-state index in [-0.39, 0.29) is 10.8 Å². The van der Waals surface area contributed by atoms with Gasteiger partial charge < -0.3 is 0 Å². The SMILES string of the molecule is CC1(C)CCC(C)(C)c2cc(-c3nc(-c4ccccc4)nc(-c4cc5cccnc5c5ncccc45)n3)ccc21. The van der Waals surface area contributed by atoms with Crippen LogP contribution in [-0.4, -0.2) is 24.9 Å². The molecule has 6 aromatic rings. The third-order valence-electron chi connectivity index (χ3n) is 8.48. The third-order valence-corrected chi connectivity index (χ3v) is 8.48. The number of hydrogen-bond donors (Lipinski definition) is 0. The molecule has 3 aromatic heterocycles. The zero-order valence-electron chi connectivity index (χ0n) is 23.3. The summed E-state index contributed by atoms with van der Waals surface area (Å²) in [6.07, 6.45) is 5.95. The minimum absolute atomic E-state index is 0.0895. The summed E-state index contributed by atoms with van der Waals surface area (Å²) in [4.78, 5) is 24.5. The molecule has 1 aliphatic rings. The van der Waals surface area contributed by atoms with Crippen molar-refractivity contribution in [3.8, 4) is 34.2 Å². The van der Waals surface area contributed by atoms with E-state index in [0.29, 0.717) is 17.5 Å². The summed E-state index contributed by atoms with van der Waals surface area (Å²) in [6, 6.07) is 27.1. The van der Waals surface area contributed by atoms with Gasteiger partial charge in [-0.3, -0.25) is 9.97 Å². The standard InChI is InChI=1S/C35H31N5/c1-34(2)16-17-35(3,4)28-21-24(14-15-27(28)34)32-38-31(22-10-6-5-7-11-22)39-33(40-32)26-20-23-12-8-18-36-29(23)30-25(26)13-9-19-37-30/h5-15,18-21H,16-17H2,1-4H3. The molecule has 3 aromatic carbocycles. The van der Waals surface area contributed by atoms with Crippen LogP contribution in [0, 0.1) is 0 Å². The number of nitrogens with zero attached hydrogens (tertiary/aromatic N) is 5. The molecular weight excluding hydrogens is 490 g/mol. The van der Waals surface area contributed by atoms with E-state index in [1.165, 1.54) is 17.5 Å². The monoisotopic (exact) mass is 521 g/mol. The Balaban J connectivity index is 1.49. The van der Waals surface area contributed by atoms with Crippen LogP contribution in [0.4, 0.5) is 0 Å². The summed E-state index contributed by atoms with van der Waals surface area (Å²) in [6.45, 7) is 9.40. The van der Waals surface area contributed by atoms with E-state index in [1.54, 1.807) is 0 Å². The quantitative estimate of drug-likeness (QED) is 0.219. The normalized spacial score (nSPS) is 15.7. The Morgan fingerprint density at radius 1 is 0.550 bits per heavy atom. The number of benzene rings is 3. The lowest BCUT2D eigenvalue weighted by molar-refractivity contribution is 0.332. The van der Waals surface area contributed by atoms with Crippen LogP contribution >= 0.6 is 0 Å². The lowest BCUT2D eigenvalue weighted by Gasteiger charge is -2.42. The van der Waals surface area contributed by atoms with Crippen molar-refractivity contribution in [1.82, 2.24) is 24.9 Å². The van der Waals surface area contributed by atoms with Crippen molar-refractivity contribution < 1.29 is 0 Å². The number of rotatable bonds is 3. The first-order valence-electron chi connectivity index (χ1n) is 13.9. The van der Waals surface area contributed by atoms with Crippen LogP contribution < -0.4 is 0 Å². The molecule has 0 saturated heterocycles. The Kier molecular flexibility index (Phi) is 5.53. The van der Waals surface area contributed by atoms with Crippen LogP contribution in [0.15, 0.2) is 91.3 Å². The second-order valence-corrected chi connectivity index (χ2v) is 12.1. The largest absolute Gasteiger partial charge is 0.254 e. The molecule has 3 heterocycles. The van der Waals surface area contributed by atoms with E-state index < -0.39 is 0 Å². The molecule has 0 fully saturated rings. The van der Waals surface area contributed by atoms with Crippen molar-refractivity contribution in [2.75, 3.05) is 0 Å². The Bertz CT molecular complexity index is 1910. The molecule has 0 unspecified atom stereocenters. The molecule has 0 spiro atoms. The highest BCUT2D eigenvalue weighted by molar-refractivity contribution is 6.09. The zero-order valence-corrected chi connectivity index (χ0v) is 23.3. The Labute approximate surface area is 234 Å². The van der Waals surface area contributed by atoms with Crippen molar-refractivity contribution >= 4 is 21.8 Å². The Morgan fingerprint density at radius 2 is 1.20 bits per heavy atom. The summed E-state index contributed by atoms with van der Waals surface area (Å²) in [5, 5.41) is 1.97. The van der Waals surface area contributed by atoms with E-state index in [0.717, 1.165) is 44.9 Å². The lowest BCUT2D eigenvalue weighted by Crippen LogP contribution is -2.33. The molecule has 40 heavy (non-hydrogen) atoms. The minimum atomic E-state index is 0.0895. The second kappa shape index (κ2) is 9.02. The van der Waals surface area contributed by atoms with Crippen LogP contribution in [0.25, 0.3) is 56.0 Å². The molecule has 7 rings (SSSR count). The second-order valence-electron chi connectivity index (χ2n) is 12.1. The molecule has 5 nitrogen and oxygen atoms in total. The highest BCUT2D eigenvalue weighted by atomic mass is 15.0. The molecule has 0 bridgehead atoms. The summed E-state index contributed by atoms with van der Waals surface area (Å²) < 4.78 is 0. The number of aromatic nitrogens is 5. The molecule has 196 valence electrons. The van der Waals surface area contributed by atoms with Crippen molar-refractivity contribution in [2.24, 2.45) is 0 Å². The van der Waals surface area contributed by atoms with Gasteiger partial charge in [0, 0.05) is 39.9 Å². The van der Waals surface area contributed by atoms with Gasteiger partial charge >= 0.3 is 0 Å². The minimum Gasteiger partial charge on any atom is -0.254 e.